The van der Waals surface area contributed by atoms with E-state index < -0.39 is 6.67 Å². The van der Waals surface area contributed by atoms with Crippen LogP contribution in [0.5, 0.6) is 0 Å². The Kier molecular flexibility index (Phi) is 6.13. The highest BCUT2D eigenvalue weighted by Gasteiger charge is 2.33. The normalized spacial score (nSPS) is 21.2. The molecule has 0 bridgehead atoms. The van der Waals surface area contributed by atoms with Crippen LogP contribution >= 0.6 is 0 Å². The molecular weight excluding hydrogens is 463 g/mol. The maximum absolute atomic E-state index is 12.7. The van der Waals surface area contributed by atoms with Gasteiger partial charge in [0, 0.05) is 44.5 Å². The molecule has 2 N–H and O–H groups in total. The molecule has 6 heterocycles. The van der Waals surface area contributed by atoms with Gasteiger partial charge >= 0.3 is 0 Å². The Hall–Kier alpha value is -3.38. The second-order valence-corrected chi connectivity index (χ2v) is 9.65. The molecule has 2 aliphatic rings. The zero-order valence-corrected chi connectivity index (χ0v) is 20.6. The second kappa shape index (κ2) is 9.58. The number of hydrogen-bond acceptors (Lipinski definition) is 9. The van der Waals surface area contributed by atoms with Crippen LogP contribution in [0.1, 0.15) is 19.8 Å². The third-order valence-corrected chi connectivity index (χ3v) is 7.27. The predicted octanol–water partition coefficient (Wildman–Crippen LogP) is 2.46. The number of pyridine rings is 1. The number of halogens is 1. The minimum atomic E-state index is -0.405. The smallest absolute Gasteiger partial charge is 0.243 e. The van der Waals surface area contributed by atoms with Crippen molar-refractivity contribution >= 4 is 28.4 Å². The van der Waals surface area contributed by atoms with Gasteiger partial charge in [-0.25, -0.2) is 14.2 Å². The summed E-state index contributed by atoms with van der Waals surface area (Å²) in [5, 5.41) is 19.9. The summed E-state index contributed by atoms with van der Waals surface area (Å²) in [5.41, 5.74) is 3.82. The highest BCUT2D eigenvalue weighted by Crippen LogP contribution is 2.31. The van der Waals surface area contributed by atoms with Crippen LogP contribution in [0.3, 0.4) is 0 Å². The maximum atomic E-state index is 12.7. The quantitative estimate of drug-likeness (QED) is 0.382. The number of aryl methyl sites for hydroxylation is 1. The van der Waals surface area contributed by atoms with E-state index in [0.29, 0.717) is 48.1 Å². The van der Waals surface area contributed by atoms with Gasteiger partial charge in [-0.2, -0.15) is 4.98 Å². The number of likely N-dealkylation sites (tertiary alicyclic amines) is 1. The molecule has 11 nitrogen and oxygen atoms in total. The van der Waals surface area contributed by atoms with Gasteiger partial charge in [0.05, 0.1) is 31.6 Å². The topological polar surface area (TPSA) is 110 Å². The number of rotatable bonds is 8. The molecule has 36 heavy (non-hydrogen) atoms. The summed E-state index contributed by atoms with van der Waals surface area (Å²) in [6.45, 7) is 6.11. The first-order valence-electron chi connectivity index (χ1n) is 12.6. The number of ether oxygens (including phenoxy) is 1. The van der Waals surface area contributed by atoms with E-state index in [2.05, 4.69) is 32.8 Å². The van der Waals surface area contributed by atoms with Gasteiger partial charge in [-0.3, -0.25) is 9.29 Å². The molecule has 4 aromatic rings. The number of hydrogen-bond donors (Lipinski definition) is 2. The van der Waals surface area contributed by atoms with Crippen molar-refractivity contribution in [2.45, 2.75) is 38.4 Å². The number of piperidine rings is 1. The lowest BCUT2D eigenvalue weighted by Gasteiger charge is -2.44. The molecule has 190 valence electrons. The van der Waals surface area contributed by atoms with Crippen molar-refractivity contribution in [1.82, 2.24) is 39.5 Å². The molecule has 0 aromatic carbocycles. The molecule has 4 aromatic heterocycles. The Bertz CT molecular complexity index is 1370. The molecular formula is C24H31FN10O. The van der Waals surface area contributed by atoms with Gasteiger partial charge in [0.25, 0.3) is 0 Å². The minimum Gasteiger partial charge on any atom is -0.378 e. The zero-order valence-electron chi connectivity index (χ0n) is 20.6. The van der Waals surface area contributed by atoms with E-state index >= 15 is 0 Å². The summed E-state index contributed by atoms with van der Waals surface area (Å²) in [5.74, 6) is 1.79. The SMILES string of the molecule is CNc1nc(N[C@H]2CCN(C3COC3)C[C@H]2C)nn2ccc(-c3ccc4nnn(CCCF)c4n3)c12. The summed E-state index contributed by atoms with van der Waals surface area (Å²) in [4.78, 5) is 12.2. The van der Waals surface area contributed by atoms with Crippen molar-refractivity contribution in [2.75, 3.05) is 50.7 Å². The second-order valence-electron chi connectivity index (χ2n) is 9.65. The van der Waals surface area contributed by atoms with Crippen molar-refractivity contribution in [3.8, 4) is 11.3 Å². The van der Waals surface area contributed by atoms with Crippen LogP contribution in [0.4, 0.5) is 16.2 Å². The fourth-order valence-electron chi connectivity index (χ4n) is 5.15. The van der Waals surface area contributed by atoms with Gasteiger partial charge < -0.3 is 15.4 Å². The Balaban J connectivity index is 1.27. The monoisotopic (exact) mass is 494 g/mol. The summed E-state index contributed by atoms with van der Waals surface area (Å²) in [7, 11) is 1.86. The molecule has 0 amide bonds. The van der Waals surface area contributed by atoms with Gasteiger partial charge in [-0.1, -0.05) is 12.1 Å². The molecule has 0 aliphatic carbocycles. The maximum Gasteiger partial charge on any atom is 0.243 e. The zero-order chi connectivity index (χ0) is 24.6. The molecule has 2 saturated heterocycles. The average molecular weight is 495 g/mol. The van der Waals surface area contributed by atoms with Gasteiger partial charge in [0.2, 0.25) is 5.95 Å². The Morgan fingerprint density at radius 3 is 2.83 bits per heavy atom. The number of aromatic nitrogens is 7. The highest BCUT2D eigenvalue weighted by atomic mass is 19.1. The summed E-state index contributed by atoms with van der Waals surface area (Å²) in [6.07, 6.45) is 3.34. The molecule has 0 saturated carbocycles. The minimum absolute atomic E-state index is 0.306. The van der Waals surface area contributed by atoms with Crippen LogP contribution in [0.2, 0.25) is 0 Å². The highest BCUT2D eigenvalue weighted by molar-refractivity contribution is 5.89. The lowest BCUT2D eigenvalue weighted by Crippen LogP contribution is -2.55. The predicted molar refractivity (Wildman–Crippen MR) is 135 cm³/mol. The lowest BCUT2D eigenvalue weighted by molar-refractivity contribution is -0.0763. The van der Waals surface area contributed by atoms with Crippen molar-refractivity contribution in [3.05, 3.63) is 24.4 Å². The van der Waals surface area contributed by atoms with E-state index in [4.69, 9.17) is 19.8 Å². The Labute approximate surface area is 208 Å². The number of nitrogens with one attached hydrogen (secondary N) is 2. The van der Waals surface area contributed by atoms with Crippen LogP contribution in [-0.2, 0) is 11.3 Å². The first-order chi connectivity index (χ1) is 17.6. The molecule has 2 atom stereocenters. The fourth-order valence-corrected chi connectivity index (χ4v) is 5.15. The third-order valence-electron chi connectivity index (χ3n) is 7.27. The van der Waals surface area contributed by atoms with Crippen LogP contribution in [0.15, 0.2) is 24.4 Å². The summed E-state index contributed by atoms with van der Waals surface area (Å²) in [6, 6.07) is 6.67. The van der Waals surface area contributed by atoms with Crippen LogP contribution in [-0.4, -0.2) is 91.6 Å². The molecule has 6 rings (SSSR count). The van der Waals surface area contributed by atoms with Crippen LogP contribution in [0, 0.1) is 5.92 Å². The molecule has 12 heteroatoms. The molecule has 0 spiro atoms. The first-order valence-corrected chi connectivity index (χ1v) is 12.6. The van der Waals surface area contributed by atoms with Crippen molar-refractivity contribution in [3.63, 3.8) is 0 Å². The van der Waals surface area contributed by atoms with Gasteiger partial charge in [0.15, 0.2) is 11.5 Å². The number of alkyl halides is 1. The standard InChI is InChI=1S/C24H31FN10O/c1-15-12-33(16-13-36-14-16)10-7-18(15)28-24-29-22(26-2)21-17(6-11-34(21)31-24)19-4-5-20-23(27-19)35(32-30-20)9-3-8-25/h4-6,11,15-16,18H,3,7-10,12-14H2,1-2H3,(H2,26,28,29,31)/t15-,18+/m1/s1. The average Bonchev–Trinajstić information content (AvgIpc) is 3.46. The number of nitrogens with zero attached hydrogens (tertiary/aromatic N) is 8. The molecule has 2 aliphatic heterocycles. The van der Waals surface area contributed by atoms with Gasteiger partial charge in [-0.15, -0.1) is 10.2 Å². The van der Waals surface area contributed by atoms with E-state index in [1.165, 1.54) is 0 Å². The van der Waals surface area contributed by atoms with E-state index in [1.807, 2.05) is 36.0 Å². The van der Waals surface area contributed by atoms with Gasteiger partial charge in [0.1, 0.15) is 11.0 Å². The van der Waals surface area contributed by atoms with Crippen molar-refractivity contribution in [1.29, 1.82) is 0 Å². The molecule has 0 radical (unpaired) electrons. The molecule has 0 unspecified atom stereocenters. The van der Waals surface area contributed by atoms with E-state index in [9.17, 15) is 4.39 Å². The lowest BCUT2D eigenvalue weighted by atomic mass is 9.92. The fraction of sp³-hybridized carbons (Fsp3) is 0.542. The Morgan fingerprint density at radius 2 is 2.08 bits per heavy atom. The van der Waals surface area contributed by atoms with E-state index in [0.717, 1.165) is 55.3 Å². The van der Waals surface area contributed by atoms with Crippen LogP contribution < -0.4 is 10.6 Å². The van der Waals surface area contributed by atoms with Crippen molar-refractivity contribution in [2.24, 2.45) is 5.92 Å². The van der Waals surface area contributed by atoms with Crippen LogP contribution in [0.25, 0.3) is 27.9 Å². The summed E-state index contributed by atoms with van der Waals surface area (Å²) < 4.78 is 21.6. The number of anilines is 2. The molecule has 2 fully saturated rings. The van der Waals surface area contributed by atoms with Crippen molar-refractivity contribution < 1.29 is 9.13 Å². The van der Waals surface area contributed by atoms with Gasteiger partial charge in [-0.05, 0) is 37.0 Å². The Morgan fingerprint density at radius 1 is 1.19 bits per heavy atom. The summed E-state index contributed by atoms with van der Waals surface area (Å²) >= 11 is 0. The number of fused-ring (bicyclic) bond motifs is 2. The first kappa shape index (κ1) is 23.0. The third kappa shape index (κ3) is 4.13. The van der Waals surface area contributed by atoms with E-state index in [-0.39, 0.29) is 0 Å². The largest absolute Gasteiger partial charge is 0.378 e. The van der Waals surface area contributed by atoms with E-state index in [1.54, 1.807) is 4.68 Å².